The SMILES string of the molecule is Oc1c(C(c2cccc(Br)c2)N2CCc3ccccc3C2)sc2nc(-c3ccco3)nn12. The second-order valence-electron chi connectivity index (χ2n) is 7.84. The lowest BCUT2D eigenvalue weighted by atomic mass is 9.96. The van der Waals surface area contributed by atoms with Gasteiger partial charge in [-0.15, -0.1) is 5.10 Å². The van der Waals surface area contributed by atoms with Gasteiger partial charge in [-0.25, -0.2) is 0 Å². The first-order valence-electron chi connectivity index (χ1n) is 10.4. The lowest BCUT2D eigenvalue weighted by Crippen LogP contribution is -2.34. The molecule has 3 aromatic heterocycles. The molecule has 0 aliphatic carbocycles. The van der Waals surface area contributed by atoms with Crippen molar-refractivity contribution < 1.29 is 9.52 Å². The molecular weight excluding hydrogens is 488 g/mol. The van der Waals surface area contributed by atoms with Crippen LogP contribution in [0.5, 0.6) is 5.88 Å². The zero-order valence-electron chi connectivity index (χ0n) is 17.0. The summed E-state index contributed by atoms with van der Waals surface area (Å²) in [5, 5.41) is 15.7. The molecule has 1 N–H and O–H groups in total. The van der Waals surface area contributed by atoms with E-state index < -0.39 is 0 Å². The highest BCUT2D eigenvalue weighted by molar-refractivity contribution is 9.10. The number of hydrogen-bond donors (Lipinski definition) is 1. The minimum absolute atomic E-state index is 0.110. The number of aromatic hydroxyl groups is 1. The number of aromatic nitrogens is 3. The molecule has 6 nitrogen and oxygen atoms in total. The van der Waals surface area contributed by atoms with Gasteiger partial charge in [0.2, 0.25) is 16.7 Å². The Labute approximate surface area is 196 Å². The smallest absolute Gasteiger partial charge is 0.230 e. The zero-order valence-corrected chi connectivity index (χ0v) is 19.4. The van der Waals surface area contributed by atoms with Crippen LogP contribution in [0.1, 0.15) is 27.6 Å². The van der Waals surface area contributed by atoms with Gasteiger partial charge >= 0.3 is 0 Å². The third kappa shape index (κ3) is 3.35. The fourth-order valence-electron chi connectivity index (χ4n) is 4.38. The molecule has 0 saturated carbocycles. The van der Waals surface area contributed by atoms with Gasteiger partial charge in [0.15, 0.2) is 5.76 Å². The molecule has 0 fully saturated rings. The molecule has 0 saturated heterocycles. The summed E-state index contributed by atoms with van der Waals surface area (Å²) in [6.45, 7) is 1.72. The van der Waals surface area contributed by atoms with Crippen LogP contribution in [0.4, 0.5) is 0 Å². The van der Waals surface area contributed by atoms with Crippen LogP contribution in [0, 0.1) is 0 Å². The maximum absolute atomic E-state index is 11.2. The van der Waals surface area contributed by atoms with Gasteiger partial charge in [-0.2, -0.15) is 9.50 Å². The van der Waals surface area contributed by atoms with E-state index in [1.165, 1.54) is 27.0 Å². The predicted molar refractivity (Wildman–Crippen MR) is 127 cm³/mol. The first-order valence-corrected chi connectivity index (χ1v) is 12.0. The molecule has 160 valence electrons. The number of rotatable bonds is 4. The first-order chi connectivity index (χ1) is 15.7. The average molecular weight is 507 g/mol. The van der Waals surface area contributed by atoms with Crippen LogP contribution in [0.2, 0.25) is 0 Å². The minimum Gasteiger partial charge on any atom is -0.492 e. The fraction of sp³-hybridized carbons (Fsp3) is 0.167. The minimum atomic E-state index is -0.110. The number of benzene rings is 2. The molecule has 0 radical (unpaired) electrons. The van der Waals surface area contributed by atoms with E-state index in [1.54, 1.807) is 12.3 Å². The Kier molecular flexibility index (Phi) is 4.86. The van der Waals surface area contributed by atoms with E-state index in [2.05, 4.69) is 67.3 Å². The van der Waals surface area contributed by atoms with E-state index >= 15 is 0 Å². The highest BCUT2D eigenvalue weighted by Gasteiger charge is 2.32. The van der Waals surface area contributed by atoms with Gasteiger partial charge in [0.1, 0.15) is 0 Å². The largest absolute Gasteiger partial charge is 0.492 e. The fourth-order valence-corrected chi connectivity index (χ4v) is 5.92. The monoisotopic (exact) mass is 506 g/mol. The molecule has 0 spiro atoms. The molecule has 5 aromatic rings. The standard InChI is InChI=1S/C24H19BrN4O2S/c25-18-8-3-7-16(13-18)20(28-11-10-15-5-1-2-6-17(15)14-28)21-23(30)29-24(32-21)26-22(27-29)19-9-4-12-31-19/h1-9,12-13,20,30H,10-11,14H2. The third-order valence-corrected chi connectivity index (χ3v) is 7.45. The van der Waals surface area contributed by atoms with Gasteiger partial charge in [-0.3, -0.25) is 4.90 Å². The quantitative estimate of drug-likeness (QED) is 0.340. The van der Waals surface area contributed by atoms with Crippen LogP contribution in [0.15, 0.2) is 75.8 Å². The molecule has 0 amide bonds. The number of furan rings is 1. The van der Waals surface area contributed by atoms with Crippen molar-refractivity contribution in [3.63, 3.8) is 0 Å². The van der Waals surface area contributed by atoms with Crippen LogP contribution in [0.3, 0.4) is 0 Å². The molecule has 4 heterocycles. The topological polar surface area (TPSA) is 66.8 Å². The summed E-state index contributed by atoms with van der Waals surface area (Å²) in [4.78, 5) is 8.50. The van der Waals surface area contributed by atoms with Crippen molar-refractivity contribution in [1.29, 1.82) is 0 Å². The third-order valence-electron chi connectivity index (χ3n) is 5.88. The van der Waals surface area contributed by atoms with Crippen molar-refractivity contribution >= 4 is 32.2 Å². The van der Waals surface area contributed by atoms with E-state index in [9.17, 15) is 5.11 Å². The molecular formula is C24H19BrN4O2S. The second-order valence-corrected chi connectivity index (χ2v) is 9.77. The Morgan fingerprint density at radius 1 is 1.06 bits per heavy atom. The Hall–Kier alpha value is -2.94. The first kappa shape index (κ1) is 19.7. The summed E-state index contributed by atoms with van der Waals surface area (Å²) in [5.74, 6) is 1.17. The number of hydrogen-bond acceptors (Lipinski definition) is 6. The number of thiazole rings is 1. The molecule has 8 heteroatoms. The van der Waals surface area contributed by atoms with Gasteiger partial charge < -0.3 is 9.52 Å². The predicted octanol–water partition coefficient (Wildman–Crippen LogP) is 5.67. The van der Waals surface area contributed by atoms with Crippen LogP contribution < -0.4 is 0 Å². The van der Waals surface area contributed by atoms with E-state index in [0.717, 1.165) is 34.4 Å². The van der Waals surface area contributed by atoms with E-state index in [1.807, 2.05) is 18.2 Å². The van der Waals surface area contributed by atoms with Gasteiger partial charge in [-0.05, 0) is 47.4 Å². The van der Waals surface area contributed by atoms with Gasteiger partial charge in [0.25, 0.3) is 0 Å². The Balaban J connectivity index is 1.45. The molecule has 1 unspecified atom stereocenters. The maximum Gasteiger partial charge on any atom is 0.230 e. The van der Waals surface area contributed by atoms with Crippen molar-refractivity contribution in [2.45, 2.75) is 19.0 Å². The lowest BCUT2D eigenvalue weighted by molar-refractivity contribution is 0.205. The summed E-state index contributed by atoms with van der Waals surface area (Å²) in [6.07, 6.45) is 2.57. The zero-order chi connectivity index (χ0) is 21.7. The summed E-state index contributed by atoms with van der Waals surface area (Å²) in [6, 6.07) is 20.4. The molecule has 1 atom stereocenters. The molecule has 0 bridgehead atoms. The molecule has 32 heavy (non-hydrogen) atoms. The van der Waals surface area contributed by atoms with Gasteiger partial charge in [-0.1, -0.05) is 63.7 Å². The summed E-state index contributed by atoms with van der Waals surface area (Å²) in [7, 11) is 0. The highest BCUT2D eigenvalue weighted by atomic mass is 79.9. The van der Waals surface area contributed by atoms with Crippen molar-refractivity contribution in [3.8, 4) is 17.5 Å². The lowest BCUT2D eigenvalue weighted by Gasteiger charge is -2.35. The molecule has 1 aliphatic rings. The van der Waals surface area contributed by atoms with Crippen molar-refractivity contribution in [1.82, 2.24) is 19.5 Å². The summed E-state index contributed by atoms with van der Waals surface area (Å²) >= 11 is 5.08. The number of halogens is 1. The average Bonchev–Trinajstić information content (AvgIpc) is 3.53. The second kappa shape index (κ2) is 7.88. The van der Waals surface area contributed by atoms with Crippen molar-refractivity contribution in [2.75, 3.05) is 6.54 Å². The van der Waals surface area contributed by atoms with Gasteiger partial charge in [0.05, 0.1) is 17.2 Å². The van der Waals surface area contributed by atoms with E-state index in [-0.39, 0.29) is 11.9 Å². The van der Waals surface area contributed by atoms with Crippen LogP contribution in [0.25, 0.3) is 16.5 Å². The number of nitrogens with zero attached hydrogens (tertiary/aromatic N) is 4. The highest BCUT2D eigenvalue weighted by Crippen LogP contribution is 2.42. The van der Waals surface area contributed by atoms with Crippen molar-refractivity contribution in [2.24, 2.45) is 0 Å². The normalized spacial score (nSPS) is 15.2. The number of fused-ring (bicyclic) bond motifs is 2. The molecule has 6 rings (SSSR count). The van der Waals surface area contributed by atoms with Crippen molar-refractivity contribution in [3.05, 3.63) is 93.0 Å². The maximum atomic E-state index is 11.2. The van der Waals surface area contributed by atoms with Crippen LogP contribution >= 0.6 is 27.3 Å². The Morgan fingerprint density at radius 2 is 1.94 bits per heavy atom. The van der Waals surface area contributed by atoms with Crippen LogP contribution in [-0.4, -0.2) is 31.1 Å². The Morgan fingerprint density at radius 3 is 2.72 bits per heavy atom. The molecule has 1 aliphatic heterocycles. The van der Waals surface area contributed by atoms with Gasteiger partial charge in [0, 0.05) is 17.6 Å². The summed E-state index contributed by atoms with van der Waals surface area (Å²) < 4.78 is 7.94. The van der Waals surface area contributed by atoms with Crippen LogP contribution in [-0.2, 0) is 13.0 Å². The Bertz CT molecular complexity index is 1410. The molecule has 2 aromatic carbocycles. The summed E-state index contributed by atoms with van der Waals surface area (Å²) in [5.41, 5.74) is 3.84. The van der Waals surface area contributed by atoms with E-state index in [0.29, 0.717) is 16.5 Å². The van der Waals surface area contributed by atoms with E-state index in [4.69, 9.17) is 4.42 Å².